The van der Waals surface area contributed by atoms with Crippen molar-refractivity contribution in [3.63, 3.8) is 0 Å². The lowest BCUT2D eigenvalue weighted by molar-refractivity contribution is -0.384. The van der Waals surface area contributed by atoms with Crippen LogP contribution < -0.4 is 10.6 Å². The van der Waals surface area contributed by atoms with E-state index in [1.807, 2.05) is 20.8 Å². The zero-order valence-electron chi connectivity index (χ0n) is 15.2. The molecule has 0 aliphatic rings. The molecule has 1 aromatic carbocycles. The quantitative estimate of drug-likeness (QED) is 0.382. The molecule has 140 valence electrons. The van der Waals surface area contributed by atoms with Crippen molar-refractivity contribution in [3.8, 4) is 0 Å². The summed E-state index contributed by atoms with van der Waals surface area (Å²) >= 11 is 1.35. The summed E-state index contributed by atoms with van der Waals surface area (Å²) in [6, 6.07) is 6.41. The standard InChI is InChI=1S/C18H19N5O3S/c1-10-15-11(2)21-12(3)22-18(15)27-16(10)17(24)20-9-8-19-13-6-4-5-7-14(13)23(25)26/h4-7,19H,8-9H2,1-3H3,(H,20,24). The minimum atomic E-state index is -0.438. The van der Waals surface area contributed by atoms with E-state index in [1.165, 1.54) is 17.4 Å². The molecule has 2 N–H and O–H groups in total. The van der Waals surface area contributed by atoms with Gasteiger partial charge in [0.15, 0.2) is 0 Å². The lowest BCUT2D eigenvalue weighted by Gasteiger charge is -2.08. The SMILES string of the molecule is Cc1nc(C)c2c(C)c(C(=O)NCCNc3ccccc3[N+](=O)[O-])sc2n1. The number of amides is 1. The fraction of sp³-hybridized carbons (Fsp3) is 0.278. The number of nitrogens with one attached hydrogen (secondary N) is 2. The molecule has 0 aliphatic carbocycles. The number of carbonyl (C=O) groups excluding carboxylic acids is 1. The predicted molar refractivity (Wildman–Crippen MR) is 106 cm³/mol. The Labute approximate surface area is 159 Å². The highest BCUT2D eigenvalue weighted by atomic mass is 32.1. The molecule has 27 heavy (non-hydrogen) atoms. The Morgan fingerprint density at radius 2 is 1.93 bits per heavy atom. The molecule has 0 aliphatic heterocycles. The highest BCUT2D eigenvalue weighted by Crippen LogP contribution is 2.31. The number of anilines is 1. The number of nitrogens with zero attached hydrogens (tertiary/aromatic N) is 3. The Kier molecular flexibility index (Phi) is 5.31. The van der Waals surface area contributed by atoms with Crippen LogP contribution in [0.15, 0.2) is 24.3 Å². The van der Waals surface area contributed by atoms with Gasteiger partial charge in [0.25, 0.3) is 11.6 Å². The maximum absolute atomic E-state index is 12.5. The fourth-order valence-electron chi connectivity index (χ4n) is 2.93. The molecule has 0 spiro atoms. The van der Waals surface area contributed by atoms with Gasteiger partial charge in [-0.15, -0.1) is 11.3 Å². The van der Waals surface area contributed by atoms with E-state index < -0.39 is 4.92 Å². The monoisotopic (exact) mass is 385 g/mol. The van der Waals surface area contributed by atoms with Crippen LogP contribution in [0.2, 0.25) is 0 Å². The number of hydrogen-bond donors (Lipinski definition) is 2. The first-order valence-electron chi connectivity index (χ1n) is 8.38. The molecular weight excluding hydrogens is 366 g/mol. The number of para-hydroxylation sites is 2. The molecule has 2 aromatic heterocycles. The highest BCUT2D eigenvalue weighted by Gasteiger charge is 2.18. The third kappa shape index (κ3) is 3.87. The van der Waals surface area contributed by atoms with Crippen molar-refractivity contribution in [2.75, 3.05) is 18.4 Å². The first kappa shape index (κ1) is 18.7. The van der Waals surface area contributed by atoms with Crippen molar-refractivity contribution >= 4 is 38.8 Å². The average molecular weight is 385 g/mol. The fourth-order valence-corrected chi connectivity index (χ4v) is 4.12. The number of hydrogen-bond acceptors (Lipinski definition) is 7. The Balaban J connectivity index is 1.65. The first-order chi connectivity index (χ1) is 12.9. The van der Waals surface area contributed by atoms with Crippen molar-refractivity contribution in [2.45, 2.75) is 20.8 Å². The maximum Gasteiger partial charge on any atom is 0.292 e. The summed E-state index contributed by atoms with van der Waals surface area (Å²) < 4.78 is 0. The van der Waals surface area contributed by atoms with E-state index in [2.05, 4.69) is 20.6 Å². The van der Waals surface area contributed by atoms with Crippen LogP contribution in [-0.2, 0) is 0 Å². The van der Waals surface area contributed by atoms with Crippen molar-refractivity contribution in [3.05, 3.63) is 56.3 Å². The number of carbonyl (C=O) groups is 1. The third-order valence-electron chi connectivity index (χ3n) is 4.12. The van der Waals surface area contributed by atoms with Gasteiger partial charge in [0.1, 0.15) is 16.3 Å². The first-order valence-corrected chi connectivity index (χ1v) is 9.20. The second-order valence-electron chi connectivity index (χ2n) is 6.05. The molecule has 0 bridgehead atoms. The molecule has 1 amide bonds. The zero-order valence-corrected chi connectivity index (χ0v) is 16.0. The minimum absolute atomic E-state index is 0.00796. The van der Waals surface area contributed by atoms with Crippen LogP contribution in [0, 0.1) is 30.9 Å². The summed E-state index contributed by atoms with van der Waals surface area (Å²) in [5.74, 6) is 0.499. The van der Waals surface area contributed by atoms with Crippen LogP contribution >= 0.6 is 11.3 Å². The van der Waals surface area contributed by atoms with Crippen molar-refractivity contribution in [1.82, 2.24) is 15.3 Å². The largest absolute Gasteiger partial charge is 0.378 e. The lowest BCUT2D eigenvalue weighted by atomic mass is 10.1. The zero-order chi connectivity index (χ0) is 19.6. The Hall–Kier alpha value is -3.07. The molecule has 8 nitrogen and oxygen atoms in total. The van der Waals surface area contributed by atoms with Crippen LogP contribution in [-0.4, -0.2) is 33.9 Å². The van der Waals surface area contributed by atoms with Crippen LogP contribution in [0.5, 0.6) is 0 Å². The number of rotatable bonds is 6. The predicted octanol–water partition coefficient (Wildman–Crippen LogP) is 3.37. The van der Waals surface area contributed by atoms with E-state index in [1.54, 1.807) is 18.2 Å². The van der Waals surface area contributed by atoms with Crippen LogP contribution in [0.3, 0.4) is 0 Å². The van der Waals surface area contributed by atoms with Gasteiger partial charge in [-0.2, -0.15) is 0 Å². The summed E-state index contributed by atoms with van der Waals surface area (Å²) in [6.45, 7) is 6.34. The normalized spacial score (nSPS) is 10.8. The van der Waals surface area contributed by atoms with Gasteiger partial charge in [0.05, 0.1) is 9.80 Å². The lowest BCUT2D eigenvalue weighted by Crippen LogP contribution is -2.28. The van der Waals surface area contributed by atoms with Crippen LogP contribution in [0.4, 0.5) is 11.4 Å². The topological polar surface area (TPSA) is 110 Å². The number of nitro benzene ring substituents is 1. The number of fused-ring (bicyclic) bond motifs is 1. The molecule has 0 radical (unpaired) electrons. The summed E-state index contributed by atoms with van der Waals surface area (Å²) in [6.07, 6.45) is 0. The van der Waals surface area contributed by atoms with E-state index in [4.69, 9.17) is 0 Å². The average Bonchev–Trinajstić information content (AvgIpc) is 2.95. The van der Waals surface area contributed by atoms with Gasteiger partial charge in [-0.05, 0) is 32.4 Å². The second kappa shape index (κ2) is 7.67. The molecular formula is C18H19N5O3S. The number of aryl methyl sites for hydroxylation is 3. The van der Waals surface area contributed by atoms with Crippen molar-refractivity contribution < 1.29 is 9.72 Å². The number of aromatic nitrogens is 2. The number of benzene rings is 1. The van der Waals surface area contributed by atoms with Gasteiger partial charge >= 0.3 is 0 Å². The molecule has 0 saturated carbocycles. The van der Waals surface area contributed by atoms with Gasteiger partial charge in [0.2, 0.25) is 0 Å². The molecule has 3 aromatic rings. The smallest absolute Gasteiger partial charge is 0.292 e. The number of nitro groups is 1. The Morgan fingerprint density at radius 1 is 1.19 bits per heavy atom. The second-order valence-corrected chi connectivity index (χ2v) is 7.05. The molecule has 0 unspecified atom stereocenters. The van der Waals surface area contributed by atoms with E-state index in [0.29, 0.717) is 29.5 Å². The Morgan fingerprint density at radius 3 is 2.67 bits per heavy atom. The van der Waals surface area contributed by atoms with Gasteiger partial charge < -0.3 is 10.6 Å². The summed E-state index contributed by atoms with van der Waals surface area (Å²) in [4.78, 5) is 33.3. The molecule has 0 atom stereocenters. The molecule has 0 fully saturated rings. The summed E-state index contributed by atoms with van der Waals surface area (Å²) in [5, 5.41) is 17.8. The van der Waals surface area contributed by atoms with E-state index in [0.717, 1.165) is 21.5 Å². The van der Waals surface area contributed by atoms with Crippen molar-refractivity contribution in [1.29, 1.82) is 0 Å². The molecule has 9 heteroatoms. The molecule has 2 heterocycles. The summed E-state index contributed by atoms with van der Waals surface area (Å²) in [7, 11) is 0. The van der Waals surface area contributed by atoms with Gasteiger partial charge in [-0.1, -0.05) is 12.1 Å². The van der Waals surface area contributed by atoms with E-state index in [9.17, 15) is 14.9 Å². The molecule has 3 rings (SSSR count). The Bertz CT molecular complexity index is 1030. The van der Waals surface area contributed by atoms with Crippen LogP contribution in [0.1, 0.15) is 26.8 Å². The van der Waals surface area contributed by atoms with Gasteiger partial charge in [0, 0.05) is 30.2 Å². The highest BCUT2D eigenvalue weighted by molar-refractivity contribution is 7.20. The van der Waals surface area contributed by atoms with Crippen molar-refractivity contribution in [2.24, 2.45) is 0 Å². The van der Waals surface area contributed by atoms with E-state index in [-0.39, 0.29) is 11.6 Å². The van der Waals surface area contributed by atoms with Gasteiger partial charge in [-0.3, -0.25) is 14.9 Å². The third-order valence-corrected chi connectivity index (χ3v) is 5.30. The maximum atomic E-state index is 12.5. The van der Waals surface area contributed by atoms with E-state index >= 15 is 0 Å². The van der Waals surface area contributed by atoms with Gasteiger partial charge in [-0.25, -0.2) is 9.97 Å². The number of thiophene rings is 1. The van der Waals surface area contributed by atoms with Crippen LogP contribution in [0.25, 0.3) is 10.2 Å². The molecule has 0 saturated heterocycles. The minimum Gasteiger partial charge on any atom is -0.378 e. The summed E-state index contributed by atoms with van der Waals surface area (Å²) in [5.41, 5.74) is 2.17.